The van der Waals surface area contributed by atoms with Crippen molar-refractivity contribution in [2.75, 3.05) is 6.67 Å². The van der Waals surface area contributed by atoms with E-state index < -0.39 is 11.7 Å². The second kappa shape index (κ2) is 5.89. The minimum Gasteiger partial charge on any atom is -0.444 e. The molecule has 0 aromatic heterocycles. The lowest BCUT2D eigenvalue weighted by Gasteiger charge is -2.30. The zero-order valence-electron chi connectivity index (χ0n) is 11.5. The maximum absolute atomic E-state index is 12.1. The fourth-order valence-corrected chi connectivity index (χ4v) is 1.71. The van der Waals surface area contributed by atoms with Crippen LogP contribution in [0.3, 0.4) is 0 Å². The second-order valence-electron chi connectivity index (χ2n) is 5.41. The van der Waals surface area contributed by atoms with Crippen molar-refractivity contribution >= 4 is 12.0 Å². The highest BCUT2D eigenvalue weighted by atomic mass is 16.6. The van der Waals surface area contributed by atoms with Crippen LogP contribution < -0.4 is 5.32 Å². The molecule has 0 heterocycles. The molecule has 18 heavy (non-hydrogen) atoms. The van der Waals surface area contributed by atoms with E-state index in [1.807, 2.05) is 32.9 Å². The van der Waals surface area contributed by atoms with Gasteiger partial charge in [0.25, 0.3) is 0 Å². The normalized spacial score (nSPS) is 18.6. The number of amides is 2. The molecule has 0 aliphatic heterocycles. The largest absolute Gasteiger partial charge is 0.444 e. The molecule has 0 spiro atoms. The number of carbonyl (C=O) groups is 2. The van der Waals surface area contributed by atoms with E-state index in [0.717, 1.165) is 12.8 Å². The molecule has 1 aliphatic rings. The lowest BCUT2D eigenvalue weighted by molar-refractivity contribution is -0.119. The van der Waals surface area contributed by atoms with Crippen molar-refractivity contribution in [2.24, 2.45) is 0 Å². The maximum Gasteiger partial charge on any atom is 0.412 e. The SMILES string of the molecule is CC(=O)NCN(C(=O)OC(C)(C)C)C1C=CCC1. The van der Waals surface area contributed by atoms with Crippen molar-refractivity contribution in [3.8, 4) is 0 Å². The zero-order chi connectivity index (χ0) is 13.8. The second-order valence-corrected chi connectivity index (χ2v) is 5.41. The number of hydrogen-bond donors (Lipinski definition) is 1. The first-order chi connectivity index (χ1) is 8.29. The molecular formula is C13H22N2O3. The van der Waals surface area contributed by atoms with Crippen molar-refractivity contribution < 1.29 is 14.3 Å². The fraction of sp³-hybridized carbons (Fsp3) is 0.692. The summed E-state index contributed by atoms with van der Waals surface area (Å²) in [7, 11) is 0. The summed E-state index contributed by atoms with van der Waals surface area (Å²) in [6.07, 6.45) is 5.44. The number of allylic oxidation sites excluding steroid dienone is 1. The summed E-state index contributed by atoms with van der Waals surface area (Å²) in [5, 5.41) is 2.64. The van der Waals surface area contributed by atoms with E-state index in [2.05, 4.69) is 5.32 Å². The lowest BCUT2D eigenvalue weighted by Crippen LogP contribution is -2.47. The molecule has 1 N–H and O–H groups in total. The Labute approximate surface area is 108 Å². The summed E-state index contributed by atoms with van der Waals surface area (Å²) in [6.45, 7) is 7.08. The van der Waals surface area contributed by atoms with Crippen LogP contribution in [0.25, 0.3) is 0 Å². The van der Waals surface area contributed by atoms with Gasteiger partial charge >= 0.3 is 6.09 Å². The predicted octanol–water partition coefficient (Wildman–Crippen LogP) is 2.04. The first kappa shape index (κ1) is 14.5. The third kappa shape index (κ3) is 4.77. The van der Waals surface area contributed by atoms with Gasteiger partial charge in [0.15, 0.2) is 0 Å². The van der Waals surface area contributed by atoms with Crippen molar-refractivity contribution in [1.82, 2.24) is 10.2 Å². The molecule has 0 fully saturated rings. The topological polar surface area (TPSA) is 58.6 Å². The van der Waals surface area contributed by atoms with Gasteiger partial charge < -0.3 is 10.1 Å². The molecule has 0 saturated carbocycles. The number of ether oxygens (including phenoxy) is 1. The molecule has 5 heteroatoms. The number of rotatable bonds is 3. The van der Waals surface area contributed by atoms with Crippen LogP contribution in [0.15, 0.2) is 12.2 Å². The van der Waals surface area contributed by atoms with Crippen molar-refractivity contribution in [1.29, 1.82) is 0 Å². The molecule has 0 aromatic rings. The van der Waals surface area contributed by atoms with Gasteiger partial charge in [0.2, 0.25) is 5.91 Å². The Morgan fingerprint density at radius 3 is 2.56 bits per heavy atom. The van der Waals surface area contributed by atoms with Crippen LogP contribution in [-0.2, 0) is 9.53 Å². The van der Waals surface area contributed by atoms with Gasteiger partial charge in [0.1, 0.15) is 5.60 Å². The third-order valence-corrected chi connectivity index (χ3v) is 2.51. The van der Waals surface area contributed by atoms with Crippen LogP contribution in [0.1, 0.15) is 40.5 Å². The number of hydrogen-bond acceptors (Lipinski definition) is 3. The Morgan fingerprint density at radius 2 is 2.11 bits per heavy atom. The first-order valence-corrected chi connectivity index (χ1v) is 6.20. The van der Waals surface area contributed by atoms with Crippen molar-refractivity contribution in [3.05, 3.63) is 12.2 Å². The summed E-state index contributed by atoms with van der Waals surface area (Å²) in [5.41, 5.74) is -0.534. The highest BCUT2D eigenvalue weighted by Gasteiger charge is 2.28. The fourth-order valence-electron chi connectivity index (χ4n) is 1.71. The Hall–Kier alpha value is -1.52. The van der Waals surface area contributed by atoms with Crippen molar-refractivity contribution in [3.63, 3.8) is 0 Å². The number of carbonyl (C=O) groups excluding carboxylic acids is 2. The van der Waals surface area contributed by atoms with Gasteiger partial charge in [-0.2, -0.15) is 0 Å². The van der Waals surface area contributed by atoms with Gasteiger partial charge in [-0.1, -0.05) is 12.2 Å². The Morgan fingerprint density at radius 1 is 1.44 bits per heavy atom. The molecule has 0 radical (unpaired) electrons. The number of nitrogens with one attached hydrogen (secondary N) is 1. The predicted molar refractivity (Wildman–Crippen MR) is 68.9 cm³/mol. The quantitative estimate of drug-likeness (QED) is 0.619. The smallest absolute Gasteiger partial charge is 0.412 e. The van der Waals surface area contributed by atoms with E-state index in [1.165, 1.54) is 6.92 Å². The van der Waals surface area contributed by atoms with E-state index in [0.29, 0.717) is 0 Å². The lowest BCUT2D eigenvalue weighted by atomic mass is 10.2. The summed E-state index contributed by atoms with van der Waals surface area (Å²) < 4.78 is 5.35. The molecule has 1 atom stereocenters. The summed E-state index contributed by atoms with van der Waals surface area (Å²) in [4.78, 5) is 24.6. The highest BCUT2D eigenvalue weighted by Crippen LogP contribution is 2.19. The van der Waals surface area contributed by atoms with Gasteiger partial charge in [-0.05, 0) is 33.6 Å². The zero-order valence-corrected chi connectivity index (χ0v) is 11.5. The maximum atomic E-state index is 12.1. The highest BCUT2D eigenvalue weighted by molar-refractivity contribution is 5.74. The van der Waals surface area contributed by atoms with Crippen LogP contribution in [0.4, 0.5) is 4.79 Å². The van der Waals surface area contributed by atoms with Gasteiger partial charge in [-0.3, -0.25) is 9.69 Å². The van der Waals surface area contributed by atoms with Gasteiger partial charge in [0, 0.05) is 6.92 Å². The summed E-state index contributed by atoms with van der Waals surface area (Å²) >= 11 is 0. The average molecular weight is 254 g/mol. The number of nitrogens with zero attached hydrogens (tertiary/aromatic N) is 1. The Bertz CT molecular complexity index is 345. The molecule has 2 amide bonds. The van der Waals surface area contributed by atoms with Crippen LogP contribution in [0.5, 0.6) is 0 Å². The molecule has 1 unspecified atom stereocenters. The standard InChI is InChI=1S/C13H22N2O3/c1-10(16)14-9-15(11-7-5-6-8-11)12(17)18-13(2,3)4/h5,7,11H,6,8-9H2,1-4H3,(H,14,16). The first-order valence-electron chi connectivity index (χ1n) is 6.20. The Balaban J connectivity index is 2.66. The molecule has 5 nitrogen and oxygen atoms in total. The van der Waals surface area contributed by atoms with Gasteiger partial charge in [0.05, 0.1) is 12.7 Å². The Kier molecular flexibility index (Phi) is 4.76. The molecule has 0 saturated heterocycles. The van der Waals surface area contributed by atoms with Crippen LogP contribution in [0.2, 0.25) is 0 Å². The average Bonchev–Trinajstić information content (AvgIpc) is 2.67. The van der Waals surface area contributed by atoms with E-state index >= 15 is 0 Å². The minimum absolute atomic E-state index is 0.00620. The van der Waals surface area contributed by atoms with Crippen LogP contribution in [-0.4, -0.2) is 35.2 Å². The monoisotopic (exact) mass is 254 g/mol. The molecular weight excluding hydrogens is 232 g/mol. The van der Waals surface area contributed by atoms with E-state index in [4.69, 9.17) is 4.74 Å². The molecule has 0 bridgehead atoms. The summed E-state index contributed by atoms with van der Waals surface area (Å²) in [6, 6.07) is 0.00620. The molecule has 1 rings (SSSR count). The van der Waals surface area contributed by atoms with E-state index in [-0.39, 0.29) is 18.6 Å². The van der Waals surface area contributed by atoms with Crippen LogP contribution >= 0.6 is 0 Å². The van der Waals surface area contributed by atoms with Gasteiger partial charge in [-0.15, -0.1) is 0 Å². The minimum atomic E-state index is -0.534. The van der Waals surface area contributed by atoms with E-state index in [1.54, 1.807) is 4.90 Å². The van der Waals surface area contributed by atoms with Crippen LogP contribution in [0, 0.1) is 0 Å². The summed E-state index contributed by atoms with van der Waals surface area (Å²) in [5.74, 6) is -0.162. The van der Waals surface area contributed by atoms with Crippen molar-refractivity contribution in [2.45, 2.75) is 52.2 Å². The van der Waals surface area contributed by atoms with E-state index in [9.17, 15) is 9.59 Å². The third-order valence-electron chi connectivity index (χ3n) is 2.51. The van der Waals surface area contributed by atoms with Gasteiger partial charge in [-0.25, -0.2) is 4.79 Å². The molecule has 102 valence electrons. The molecule has 1 aliphatic carbocycles. The molecule has 0 aromatic carbocycles.